The van der Waals surface area contributed by atoms with Crippen molar-refractivity contribution in [2.75, 3.05) is 6.54 Å². The molecular weight excluding hydrogens is 387 g/mol. The Hall–Kier alpha value is -2.67. The van der Waals surface area contributed by atoms with E-state index in [2.05, 4.69) is 34.6 Å². The molecular formula is C22H25FN4OS. The van der Waals surface area contributed by atoms with Gasteiger partial charge in [-0.2, -0.15) is 0 Å². The number of rotatable bonds is 8. The molecule has 0 aliphatic carbocycles. The number of nitrogens with zero attached hydrogens (tertiary/aromatic N) is 3. The van der Waals surface area contributed by atoms with Crippen LogP contribution in [0.3, 0.4) is 0 Å². The van der Waals surface area contributed by atoms with Gasteiger partial charge in [0.1, 0.15) is 11.6 Å². The Labute approximate surface area is 174 Å². The molecule has 0 fully saturated rings. The monoisotopic (exact) mass is 412 g/mol. The van der Waals surface area contributed by atoms with Crippen LogP contribution in [0.2, 0.25) is 0 Å². The highest BCUT2D eigenvalue weighted by atomic mass is 32.2. The standard InChI is InChI=1S/C22H25FN4OS/c1-15(2)21(28)24-13-12-20-25-26-22(27(20)19-10-8-18(23)9-11-19)29-14-17-7-5-4-6-16(17)3/h4-11,15H,12-14H2,1-3H3,(H,24,28). The lowest BCUT2D eigenvalue weighted by Gasteiger charge is -2.12. The van der Waals surface area contributed by atoms with Crippen molar-refractivity contribution < 1.29 is 9.18 Å². The molecule has 5 nitrogen and oxygen atoms in total. The summed E-state index contributed by atoms with van der Waals surface area (Å²) in [4.78, 5) is 11.8. The van der Waals surface area contributed by atoms with Gasteiger partial charge in [0.25, 0.3) is 0 Å². The summed E-state index contributed by atoms with van der Waals surface area (Å²) >= 11 is 1.59. The first-order valence-electron chi connectivity index (χ1n) is 9.61. The van der Waals surface area contributed by atoms with Gasteiger partial charge in [-0.3, -0.25) is 9.36 Å². The maximum Gasteiger partial charge on any atom is 0.222 e. The van der Waals surface area contributed by atoms with Gasteiger partial charge < -0.3 is 5.32 Å². The highest BCUT2D eigenvalue weighted by Crippen LogP contribution is 2.26. The van der Waals surface area contributed by atoms with E-state index in [1.54, 1.807) is 23.9 Å². The number of halogens is 1. The largest absolute Gasteiger partial charge is 0.355 e. The molecule has 2 aromatic carbocycles. The maximum absolute atomic E-state index is 13.4. The zero-order chi connectivity index (χ0) is 20.8. The Morgan fingerprint density at radius 3 is 2.55 bits per heavy atom. The Balaban J connectivity index is 1.82. The van der Waals surface area contributed by atoms with Crippen molar-refractivity contribution in [3.05, 3.63) is 71.3 Å². The van der Waals surface area contributed by atoms with E-state index < -0.39 is 0 Å². The van der Waals surface area contributed by atoms with Crippen molar-refractivity contribution in [1.82, 2.24) is 20.1 Å². The molecule has 0 saturated carbocycles. The van der Waals surface area contributed by atoms with Gasteiger partial charge in [0.2, 0.25) is 5.91 Å². The summed E-state index contributed by atoms with van der Waals surface area (Å²) in [5, 5.41) is 12.3. The van der Waals surface area contributed by atoms with E-state index in [9.17, 15) is 9.18 Å². The lowest BCUT2D eigenvalue weighted by Crippen LogP contribution is -2.30. The highest BCUT2D eigenvalue weighted by molar-refractivity contribution is 7.98. The molecule has 0 bridgehead atoms. The van der Waals surface area contributed by atoms with Gasteiger partial charge in [0.15, 0.2) is 5.16 Å². The second-order valence-electron chi connectivity index (χ2n) is 7.12. The minimum Gasteiger partial charge on any atom is -0.355 e. The third-order valence-electron chi connectivity index (χ3n) is 4.58. The third kappa shape index (κ3) is 5.44. The SMILES string of the molecule is Cc1ccccc1CSc1nnc(CCNC(=O)C(C)C)n1-c1ccc(F)cc1. The summed E-state index contributed by atoms with van der Waals surface area (Å²) in [6.45, 7) is 6.27. The zero-order valence-corrected chi connectivity index (χ0v) is 17.7. The minimum atomic E-state index is -0.290. The van der Waals surface area contributed by atoms with Crippen LogP contribution in [0.15, 0.2) is 53.7 Å². The molecule has 1 amide bonds. The number of aromatic nitrogens is 3. The number of benzene rings is 2. The van der Waals surface area contributed by atoms with Gasteiger partial charge in [-0.25, -0.2) is 4.39 Å². The fraction of sp³-hybridized carbons (Fsp3) is 0.318. The predicted molar refractivity (Wildman–Crippen MR) is 114 cm³/mol. The molecule has 0 unspecified atom stereocenters. The van der Waals surface area contributed by atoms with Crippen LogP contribution in [0.25, 0.3) is 5.69 Å². The summed E-state index contributed by atoms with van der Waals surface area (Å²) in [5.74, 6) is 1.14. The topological polar surface area (TPSA) is 59.8 Å². The molecule has 152 valence electrons. The molecule has 0 aliphatic rings. The minimum absolute atomic E-state index is 0.00648. The molecule has 7 heteroatoms. The average molecular weight is 413 g/mol. The first-order chi connectivity index (χ1) is 14.0. The molecule has 0 radical (unpaired) electrons. The fourth-order valence-electron chi connectivity index (χ4n) is 2.82. The molecule has 1 heterocycles. The summed E-state index contributed by atoms with van der Waals surface area (Å²) in [7, 11) is 0. The lowest BCUT2D eigenvalue weighted by atomic mass is 10.1. The van der Waals surface area contributed by atoms with Crippen LogP contribution >= 0.6 is 11.8 Å². The molecule has 29 heavy (non-hydrogen) atoms. The van der Waals surface area contributed by atoms with E-state index in [-0.39, 0.29) is 17.6 Å². The number of carbonyl (C=O) groups excluding carboxylic acids is 1. The summed E-state index contributed by atoms with van der Waals surface area (Å²) < 4.78 is 15.4. The van der Waals surface area contributed by atoms with Crippen LogP contribution in [0.5, 0.6) is 0 Å². The molecule has 0 saturated heterocycles. The molecule has 1 aromatic heterocycles. The van der Waals surface area contributed by atoms with Gasteiger partial charge in [0, 0.05) is 30.3 Å². The van der Waals surface area contributed by atoms with Crippen molar-refractivity contribution in [1.29, 1.82) is 0 Å². The summed E-state index contributed by atoms with van der Waals surface area (Å²) in [5.41, 5.74) is 3.26. The Bertz CT molecular complexity index is 969. The summed E-state index contributed by atoms with van der Waals surface area (Å²) in [6.07, 6.45) is 0.535. The van der Waals surface area contributed by atoms with E-state index in [1.807, 2.05) is 30.5 Å². The molecule has 0 spiro atoms. The normalized spacial score (nSPS) is 11.1. The van der Waals surface area contributed by atoms with Gasteiger partial charge in [-0.1, -0.05) is 49.9 Å². The van der Waals surface area contributed by atoms with Crippen LogP contribution in [-0.2, 0) is 17.0 Å². The second kappa shape index (κ2) is 9.69. The van der Waals surface area contributed by atoms with Crippen LogP contribution in [0.1, 0.15) is 30.8 Å². The number of hydrogen-bond donors (Lipinski definition) is 1. The van der Waals surface area contributed by atoms with E-state index >= 15 is 0 Å². The van der Waals surface area contributed by atoms with Gasteiger partial charge in [-0.05, 0) is 42.3 Å². The predicted octanol–water partition coefficient (Wildman–Crippen LogP) is 4.32. The molecule has 0 atom stereocenters. The zero-order valence-electron chi connectivity index (χ0n) is 16.9. The highest BCUT2D eigenvalue weighted by Gasteiger charge is 2.16. The summed E-state index contributed by atoms with van der Waals surface area (Å²) in [6, 6.07) is 14.5. The van der Waals surface area contributed by atoms with Crippen LogP contribution in [0.4, 0.5) is 4.39 Å². The number of thioether (sulfide) groups is 1. The van der Waals surface area contributed by atoms with Gasteiger partial charge in [-0.15, -0.1) is 10.2 Å². The quantitative estimate of drug-likeness (QED) is 0.560. The van der Waals surface area contributed by atoms with E-state index in [0.717, 1.165) is 22.4 Å². The van der Waals surface area contributed by atoms with Crippen molar-refractivity contribution in [3.63, 3.8) is 0 Å². The van der Waals surface area contributed by atoms with Crippen molar-refractivity contribution >= 4 is 17.7 Å². The fourth-order valence-corrected chi connectivity index (χ4v) is 3.87. The lowest BCUT2D eigenvalue weighted by molar-refractivity contribution is -0.123. The van der Waals surface area contributed by atoms with E-state index in [1.165, 1.54) is 23.3 Å². The number of aryl methyl sites for hydroxylation is 1. The van der Waals surface area contributed by atoms with E-state index in [0.29, 0.717) is 13.0 Å². The Morgan fingerprint density at radius 1 is 1.14 bits per heavy atom. The van der Waals surface area contributed by atoms with Gasteiger partial charge in [0.05, 0.1) is 0 Å². The van der Waals surface area contributed by atoms with Crippen LogP contribution in [-0.4, -0.2) is 27.2 Å². The van der Waals surface area contributed by atoms with Crippen LogP contribution in [0, 0.1) is 18.7 Å². The Morgan fingerprint density at radius 2 is 1.86 bits per heavy atom. The van der Waals surface area contributed by atoms with E-state index in [4.69, 9.17) is 0 Å². The third-order valence-corrected chi connectivity index (χ3v) is 5.55. The number of carbonyl (C=O) groups is 1. The first kappa shape index (κ1) is 21.0. The van der Waals surface area contributed by atoms with Crippen molar-refractivity contribution in [2.45, 2.75) is 38.1 Å². The number of nitrogens with one attached hydrogen (secondary N) is 1. The number of amides is 1. The molecule has 1 N–H and O–H groups in total. The first-order valence-corrected chi connectivity index (χ1v) is 10.6. The smallest absolute Gasteiger partial charge is 0.222 e. The van der Waals surface area contributed by atoms with Crippen LogP contribution < -0.4 is 5.32 Å². The van der Waals surface area contributed by atoms with Crippen molar-refractivity contribution in [2.24, 2.45) is 5.92 Å². The molecule has 3 aromatic rings. The number of hydrogen-bond acceptors (Lipinski definition) is 4. The average Bonchev–Trinajstić information content (AvgIpc) is 3.10. The molecule has 0 aliphatic heterocycles. The van der Waals surface area contributed by atoms with Gasteiger partial charge >= 0.3 is 0 Å². The Kier molecular flexibility index (Phi) is 7.04. The van der Waals surface area contributed by atoms with Crippen molar-refractivity contribution in [3.8, 4) is 5.69 Å². The molecule has 3 rings (SSSR count). The second-order valence-corrected chi connectivity index (χ2v) is 8.06. The maximum atomic E-state index is 13.4.